The van der Waals surface area contributed by atoms with Gasteiger partial charge in [-0.3, -0.25) is 4.90 Å². The molecule has 4 nitrogen and oxygen atoms in total. The summed E-state index contributed by atoms with van der Waals surface area (Å²) >= 11 is 0. The Labute approximate surface area is 128 Å². The lowest BCUT2D eigenvalue weighted by atomic mass is 10.1. The number of nitrogens with one attached hydrogen (secondary N) is 1. The van der Waals surface area contributed by atoms with Crippen molar-refractivity contribution >= 4 is 11.7 Å². The first-order valence-corrected chi connectivity index (χ1v) is 7.90. The van der Waals surface area contributed by atoms with Crippen LogP contribution in [0.1, 0.15) is 25.8 Å². The largest absolute Gasteiger partial charge is 0.322 e. The van der Waals surface area contributed by atoms with Gasteiger partial charge in [-0.15, -0.1) is 0 Å². The number of rotatable bonds is 4. The van der Waals surface area contributed by atoms with Gasteiger partial charge < -0.3 is 10.2 Å². The van der Waals surface area contributed by atoms with Crippen LogP contribution in [-0.2, 0) is 0 Å². The summed E-state index contributed by atoms with van der Waals surface area (Å²) < 4.78 is 0. The zero-order chi connectivity index (χ0) is 15.2. The molecule has 1 aliphatic heterocycles. The van der Waals surface area contributed by atoms with Crippen LogP contribution in [0.25, 0.3) is 0 Å². The van der Waals surface area contributed by atoms with Crippen LogP contribution in [0.3, 0.4) is 0 Å². The normalized spacial score (nSPS) is 16.3. The van der Waals surface area contributed by atoms with E-state index >= 15 is 0 Å². The highest BCUT2D eigenvalue weighted by atomic mass is 16.2. The molecule has 2 rings (SSSR count). The summed E-state index contributed by atoms with van der Waals surface area (Å²) in [5, 5.41) is 3.01. The monoisotopic (exact) mass is 289 g/mol. The average Bonchev–Trinajstić information content (AvgIpc) is 2.48. The smallest absolute Gasteiger partial charge is 0.321 e. The number of urea groups is 1. The summed E-state index contributed by atoms with van der Waals surface area (Å²) in [5.74, 6) is 0.743. The number of carbonyl (C=O) groups excluding carboxylic acids is 1. The third kappa shape index (κ3) is 4.74. The van der Waals surface area contributed by atoms with Crippen LogP contribution < -0.4 is 5.32 Å². The predicted octanol–water partition coefficient (Wildman–Crippen LogP) is 3.19. The van der Waals surface area contributed by atoms with Gasteiger partial charge in [0.15, 0.2) is 0 Å². The molecule has 1 aromatic rings. The predicted molar refractivity (Wildman–Crippen MR) is 87.7 cm³/mol. The van der Waals surface area contributed by atoms with Crippen molar-refractivity contribution in [2.75, 3.05) is 38.0 Å². The van der Waals surface area contributed by atoms with Crippen LogP contribution in [0.4, 0.5) is 10.5 Å². The lowest BCUT2D eigenvalue weighted by Crippen LogP contribution is -2.50. The Morgan fingerprint density at radius 2 is 1.86 bits per heavy atom. The Bertz CT molecular complexity index is 465. The molecule has 116 valence electrons. The summed E-state index contributed by atoms with van der Waals surface area (Å²) in [6.45, 7) is 11.3. The van der Waals surface area contributed by atoms with Crippen molar-refractivity contribution in [1.29, 1.82) is 0 Å². The van der Waals surface area contributed by atoms with Gasteiger partial charge in [0, 0.05) is 31.9 Å². The fourth-order valence-corrected chi connectivity index (χ4v) is 2.52. The highest BCUT2D eigenvalue weighted by Crippen LogP contribution is 2.14. The van der Waals surface area contributed by atoms with Gasteiger partial charge in [0.05, 0.1) is 0 Å². The van der Waals surface area contributed by atoms with Crippen molar-refractivity contribution in [2.24, 2.45) is 5.92 Å². The summed E-state index contributed by atoms with van der Waals surface area (Å²) in [5.41, 5.74) is 2.01. The molecule has 1 aliphatic rings. The number of carbonyl (C=O) groups is 1. The molecule has 0 spiro atoms. The number of benzene rings is 1. The van der Waals surface area contributed by atoms with Gasteiger partial charge in [-0.2, -0.15) is 0 Å². The van der Waals surface area contributed by atoms with Gasteiger partial charge in [0.25, 0.3) is 0 Å². The lowest BCUT2D eigenvalue weighted by molar-refractivity contribution is 0.143. The maximum atomic E-state index is 12.3. The molecular formula is C17H27N3O. The highest BCUT2D eigenvalue weighted by Gasteiger charge is 2.21. The Hall–Kier alpha value is -1.55. The molecule has 0 saturated carbocycles. The molecule has 0 bridgehead atoms. The standard InChI is InChI=1S/C17H27N3O/c1-14(2)8-9-19-10-12-20(13-11-19)17(21)18-16-7-5-4-6-15(16)3/h4-7,14H,8-13H2,1-3H3,(H,18,21). The van der Waals surface area contributed by atoms with Gasteiger partial charge in [-0.25, -0.2) is 4.79 Å². The van der Waals surface area contributed by atoms with E-state index in [-0.39, 0.29) is 6.03 Å². The van der Waals surface area contributed by atoms with E-state index in [9.17, 15) is 4.79 Å². The molecule has 1 aromatic carbocycles. The first-order chi connectivity index (χ1) is 10.1. The molecule has 2 amide bonds. The van der Waals surface area contributed by atoms with Gasteiger partial charge in [-0.1, -0.05) is 32.0 Å². The molecular weight excluding hydrogens is 262 g/mol. The van der Waals surface area contributed by atoms with Crippen LogP contribution in [0.2, 0.25) is 0 Å². The maximum Gasteiger partial charge on any atom is 0.321 e. The number of amides is 2. The fraction of sp³-hybridized carbons (Fsp3) is 0.588. The Kier molecular flexibility index (Phi) is 5.62. The third-order valence-electron chi connectivity index (χ3n) is 4.07. The Balaban J connectivity index is 1.79. The molecule has 1 fully saturated rings. The van der Waals surface area contributed by atoms with Crippen LogP contribution in [0.15, 0.2) is 24.3 Å². The van der Waals surface area contributed by atoms with Crippen molar-refractivity contribution < 1.29 is 4.79 Å². The van der Waals surface area contributed by atoms with E-state index in [4.69, 9.17) is 0 Å². The van der Waals surface area contributed by atoms with Crippen LogP contribution in [0, 0.1) is 12.8 Å². The SMILES string of the molecule is Cc1ccccc1NC(=O)N1CCN(CCC(C)C)CC1. The summed E-state index contributed by atoms with van der Waals surface area (Å²) in [6, 6.07) is 7.92. The second-order valence-corrected chi connectivity index (χ2v) is 6.26. The van der Waals surface area contributed by atoms with Crippen LogP contribution in [0.5, 0.6) is 0 Å². The van der Waals surface area contributed by atoms with E-state index < -0.39 is 0 Å². The van der Waals surface area contributed by atoms with E-state index in [1.54, 1.807) is 0 Å². The molecule has 0 unspecified atom stereocenters. The van der Waals surface area contributed by atoms with Crippen LogP contribution >= 0.6 is 0 Å². The quantitative estimate of drug-likeness (QED) is 0.924. The average molecular weight is 289 g/mol. The Morgan fingerprint density at radius 1 is 1.19 bits per heavy atom. The van der Waals surface area contributed by atoms with Crippen molar-refractivity contribution in [3.8, 4) is 0 Å². The number of para-hydroxylation sites is 1. The third-order valence-corrected chi connectivity index (χ3v) is 4.07. The fourth-order valence-electron chi connectivity index (χ4n) is 2.52. The minimum Gasteiger partial charge on any atom is -0.322 e. The van der Waals surface area contributed by atoms with Crippen molar-refractivity contribution in [3.63, 3.8) is 0 Å². The molecule has 4 heteroatoms. The summed E-state index contributed by atoms with van der Waals surface area (Å²) in [4.78, 5) is 16.7. The van der Waals surface area contributed by atoms with Gasteiger partial charge in [0.2, 0.25) is 0 Å². The van der Waals surface area contributed by atoms with E-state index in [1.165, 1.54) is 6.42 Å². The van der Waals surface area contributed by atoms with Gasteiger partial charge >= 0.3 is 6.03 Å². The molecule has 0 aliphatic carbocycles. The molecule has 0 radical (unpaired) electrons. The molecule has 0 aromatic heterocycles. The first-order valence-electron chi connectivity index (χ1n) is 7.90. The minimum absolute atomic E-state index is 0.0211. The zero-order valence-corrected chi connectivity index (χ0v) is 13.4. The number of hydrogen-bond acceptors (Lipinski definition) is 2. The molecule has 21 heavy (non-hydrogen) atoms. The van der Waals surface area contributed by atoms with E-state index in [2.05, 4.69) is 24.1 Å². The van der Waals surface area contributed by atoms with Gasteiger partial charge in [0.1, 0.15) is 0 Å². The molecule has 1 saturated heterocycles. The van der Waals surface area contributed by atoms with Crippen molar-refractivity contribution in [1.82, 2.24) is 9.80 Å². The van der Waals surface area contributed by atoms with Gasteiger partial charge in [-0.05, 0) is 37.4 Å². The van der Waals surface area contributed by atoms with Crippen molar-refractivity contribution in [3.05, 3.63) is 29.8 Å². The minimum atomic E-state index is 0.0211. The Morgan fingerprint density at radius 3 is 2.48 bits per heavy atom. The molecule has 1 N–H and O–H groups in total. The number of aryl methyl sites for hydroxylation is 1. The zero-order valence-electron chi connectivity index (χ0n) is 13.4. The number of nitrogens with zero attached hydrogens (tertiary/aromatic N) is 2. The number of hydrogen-bond donors (Lipinski definition) is 1. The second-order valence-electron chi connectivity index (χ2n) is 6.26. The summed E-state index contributed by atoms with van der Waals surface area (Å²) in [7, 11) is 0. The van der Waals surface area contributed by atoms with E-state index in [0.29, 0.717) is 0 Å². The number of piperazine rings is 1. The first kappa shape index (κ1) is 15.8. The van der Waals surface area contributed by atoms with E-state index in [0.717, 1.165) is 49.9 Å². The lowest BCUT2D eigenvalue weighted by Gasteiger charge is -2.35. The van der Waals surface area contributed by atoms with Crippen molar-refractivity contribution in [2.45, 2.75) is 27.2 Å². The summed E-state index contributed by atoms with van der Waals surface area (Å²) in [6.07, 6.45) is 1.23. The highest BCUT2D eigenvalue weighted by molar-refractivity contribution is 5.90. The number of anilines is 1. The molecule has 0 atom stereocenters. The molecule has 1 heterocycles. The topological polar surface area (TPSA) is 35.6 Å². The van der Waals surface area contributed by atoms with Crippen LogP contribution in [-0.4, -0.2) is 48.6 Å². The second kappa shape index (κ2) is 7.46. The maximum absolute atomic E-state index is 12.3. The van der Waals surface area contributed by atoms with E-state index in [1.807, 2.05) is 36.1 Å².